The molecule has 2 aromatic rings. The molecule has 0 spiro atoms. The second kappa shape index (κ2) is 7.16. The standard InChI is InChI=1S/C20H25NO2/c1-14-7-8-20(9-15(14)2)23-13-19(22)12-21-18-10-16-5-3-4-6-17(16)11-18/h3-9,18-19,21-22H,10-13H2,1-2H3/t19-/m0/s1. The van der Waals surface area contributed by atoms with Gasteiger partial charge in [0.05, 0.1) is 0 Å². The number of hydrogen-bond donors (Lipinski definition) is 2. The minimum Gasteiger partial charge on any atom is -0.491 e. The van der Waals surface area contributed by atoms with Crippen LogP contribution in [0.4, 0.5) is 0 Å². The smallest absolute Gasteiger partial charge is 0.119 e. The third kappa shape index (κ3) is 4.12. The molecule has 0 unspecified atom stereocenters. The van der Waals surface area contributed by atoms with Gasteiger partial charge in [0, 0.05) is 12.6 Å². The van der Waals surface area contributed by atoms with Crippen LogP contribution in [-0.2, 0) is 12.8 Å². The van der Waals surface area contributed by atoms with Crippen LogP contribution >= 0.6 is 0 Å². The number of aliphatic hydroxyl groups excluding tert-OH is 1. The highest BCUT2D eigenvalue weighted by Crippen LogP contribution is 2.21. The molecule has 0 bridgehead atoms. The predicted molar refractivity (Wildman–Crippen MR) is 93.1 cm³/mol. The van der Waals surface area contributed by atoms with Gasteiger partial charge in [0.25, 0.3) is 0 Å². The topological polar surface area (TPSA) is 41.5 Å². The highest BCUT2D eigenvalue weighted by Gasteiger charge is 2.21. The summed E-state index contributed by atoms with van der Waals surface area (Å²) < 4.78 is 5.69. The van der Waals surface area contributed by atoms with Crippen LogP contribution in [0.1, 0.15) is 22.3 Å². The molecule has 2 N–H and O–H groups in total. The Morgan fingerprint density at radius 3 is 2.43 bits per heavy atom. The van der Waals surface area contributed by atoms with Gasteiger partial charge in [-0.1, -0.05) is 30.3 Å². The highest BCUT2D eigenvalue weighted by atomic mass is 16.5. The maximum atomic E-state index is 10.1. The molecular weight excluding hydrogens is 286 g/mol. The molecule has 3 nitrogen and oxygen atoms in total. The van der Waals surface area contributed by atoms with E-state index in [9.17, 15) is 5.11 Å². The number of aryl methyl sites for hydroxylation is 2. The van der Waals surface area contributed by atoms with Crippen LogP contribution < -0.4 is 10.1 Å². The van der Waals surface area contributed by atoms with Gasteiger partial charge in [-0.3, -0.25) is 0 Å². The van der Waals surface area contributed by atoms with E-state index in [0.717, 1.165) is 18.6 Å². The summed E-state index contributed by atoms with van der Waals surface area (Å²) in [5.41, 5.74) is 5.30. The van der Waals surface area contributed by atoms with Crippen molar-refractivity contribution in [3.63, 3.8) is 0 Å². The van der Waals surface area contributed by atoms with Crippen molar-refractivity contribution in [3.8, 4) is 5.75 Å². The lowest BCUT2D eigenvalue weighted by Gasteiger charge is -2.17. The van der Waals surface area contributed by atoms with Crippen LogP contribution in [-0.4, -0.2) is 30.4 Å². The number of fused-ring (bicyclic) bond motifs is 1. The van der Waals surface area contributed by atoms with E-state index >= 15 is 0 Å². The molecule has 0 fully saturated rings. The zero-order chi connectivity index (χ0) is 16.2. The summed E-state index contributed by atoms with van der Waals surface area (Å²) >= 11 is 0. The Morgan fingerprint density at radius 2 is 1.78 bits per heavy atom. The van der Waals surface area contributed by atoms with Crippen LogP contribution in [0.5, 0.6) is 5.75 Å². The van der Waals surface area contributed by atoms with Gasteiger partial charge in [-0.15, -0.1) is 0 Å². The molecule has 23 heavy (non-hydrogen) atoms. The lowest BCUT2D eigenvalue weighted by molar-refractivity contribution is 0.104. The fourth-order valence-corrected chi connectivity index (χ4v) is 3.06. The van der Waals surface area contributed by atoms with Gasteiger partial charge in [-0.25, -0.2) is 0 Å². The number of hydrogen-bond acceptors (Lipinski definition) is 3. The van der Waals surface area contributed by atoms with Gasteiger partial charge < -0.3 is 15.2 Å². The largest absolute Gasteiger partial charge is 0.491 e. The number of ether oxygens (including phenoxy) is 1. The van der Waals surface area contributed by atoms with E-state index in [1.165, 1.54) is 22.3 Å². The number of nitrogens with one attached hydrogen (secondary N) is 1. The molecule has 3 rings (SSSR count). The zero-order valence-corrected chi connectivity index (χ0v) is 13.9. The number of benzene rings is 2. The molecule has 0 saturated heterocycles. The Labute approximate surface area is 138 Å². The van der Waals surface area contributed by atoms with E-state index < -0.39 is 6.10 Å². The molecule has 0 heterocycles. The Morgan fingerprint density at radius 1 is 1.09 bits per heavy atom. The van der Waals surface area contributed by atoms with E-state index in [4.69, 9.17) is 4.74 Å². The minimum absolute atomic E-state index is 0.315. The number of rotatable bonds is 6. The fourth-order valence-electron chi connectivity index (χ4n) is 3.06. The van der Waals surface area contributed by atoms with Gasteiger partial charge in [0.1, 0.15) is 18.5 Å². The van der Waals surface area contributed by atoms with E-state index in [0.29, 0.717) is 19.2 Å². The minimum atomic E-state index is -0.500. The molecule has 3 heteroatoms. The summed E-state index contributed by atoms with van der Waals surface area (Å²) in [6.07, 6.45) is 1.59. The van der Waals surface area contributed by atoms with Crippen molar-refractivity contribution in [2.45, 2.75) is 38.8 Å². The average Bonchev–Trinajstić information content (AvgIpc) is 2.97. The maximum Gasteiger partial charge on any atom is 0.119 e. The van der Waals surface area contributed by atoms with Crippen molar-refractivity contribution in [3.05, 3.63) is 64.7 Å². The molecule has 1 atom stereocenters. The SMILES string of the molecule is Cc1ccc(OC[C@@H](O)CNC2Cc3ccccc3C2)cc1C. The monoisotopic (exact) mass is 311 g/mol. The summed E-state index contributed by atoms with van der Waals surface area (Å²) in [5, 5.41) is 13.6. The van der Waals surface area contributed by atoms with E-state index in [2.05, 4.69) is 43.4 Å². The Kier molecular flexibility index (Phi) is 4.99. The second-order valence-corrected chi connectivity index (χ2v) is 6.49. The molecule has 122 valence electrons. The van der Waals surface area contributed by atoms with Crippen LogP contribution in [0.2, 0.25) is 0 Å². The summed E-state index contributed by atoms with van der Waals surface area (Å²) in [5.74, 6) is 0.820. The zero-order valence-electron chi connectivity index (χ0n) is 13.9. The summed E-state index contributed by atoms with van der Waals surface area (Å²) in [7, 11) is 0. The predicted octanol–water partition coefficient (Wildman–Crippen LogP) is 2.80. The first-order valence-electron chi connectivity index (χ1n) is 8.30. The van der Waals surface area contributed by atoms with Gasteiger partial charge >= 0.3 is 0 Å². The van der Waals surface area contributed by atoms with Crippen molar-refractivity contribution >= 4 is 0 Å². The van der Waals surface area contributed by atoms with Crippen molar-refractivity contribution in [2.24, 2.45) is 0 Å². The molecule has 1 aliphatic carbocycles. The molecular formula is C20H25NO2. The molecule has 0 saturated carbocycles. The van der Waals surface area contributed by atoms with Crippen LogP contribution in [0, 0.1) is 13.8 Å². The Bertz CT molecular complexity index is 643. The summed E-state index contributed by atoms with van der Waals surface area (Å²) in [6, 6.07) is 15.0. The first kappa shape index (κ1) is 16.0. The van der Waals surface area contributed by atoms with E-state index in [-0.39, 0.29) is 0 Å². The quantitative estimate of drug-likeness (QED) is 0.862. The van der Waals surface area contributed by atoms with Crippen molar-refractivity contribution in [2.75, 3.05) is 13.2 Å². The van der Waals surface area contributed by atoms with E-state index in [1.54, 1.807) is 0 Å². The van der Waals surface area contributed by atoms with Gasteiger partial charge in [0.15, 0.2) is 0 Å². The van der Waals surface area contributed by atoms with Crippen LogP contribution in [0.15, 0.2) is 42.5 Å². The van der Waals surface area contributed by atoms with Gasteiger partial charge in [-0.05, 0) is 61.1 Å². The number of aliphatic hydroxyl groups is 1. The molecule has 0 radical (unpaired) electrons. The lowest BCUT2D eigenvalue weighted by Crippen LogP contribution is -2.38. The third-order valence-electron chi connectivity index (χ3n) is 4.61. The Hall–Kier alpha value is -1.84. The van der Waals surface area contributed by atoms with Crippen molar-refractivity contribution < 1.29 is 9.84 Å². The molecule has 2 aromatic carbocycles. The highest BCUT2D eigenvalue weighted by molar-refractivity contribution is 5.34. The first-order valence-corrected chi connectivity index (χ1v) is 8.30. The van der Waals surface area contributed by atoms with Crippen LogP contribution in [0.3, 0.4) is 0 Å². The first-order chi connectivity index (χ1) is 11.1. The lowest BCUT2D eigenvalue weighted by atomic mass is 10.1. The molecule has 0 amide bonds. The third-order valence-corrected chi connectivity index (χ3v) is 4.61. The van der Waals surface area contributed by atoms with Crippen LogP contribution in [0.25, 0.3) is 0 Å². The second-order valence-electron chi connectivity index (χ2n) is 6.49. The molecule has 0 aromatic heterocycles. The fraction of sp³-hybridized carbons (Fsp3) is 0.400. The normalized spacial score (nSPS) is 15.4. The molecule has 1 aliphatic rings. The maximum absolute atomic E-state index is 10.1. The van der Waals surface area contributed by atoms with E-state index in [1.807, 2.05) is 18.2 Å². The summed E-state index contributed by atoms with van der Waals surface area (Å²) in [6.45, 7) is 5.02. The van der Waals surface area contributed by atoms with Crippen molar-refractivity contribution in [1.82, 2.24) is 5.32 Å². The average molecular weight is 311 g/mol. The van der Waals surface area contributed by atoms with Gasteiger partial charge in [-0.2, -0.15) is 0 Å². The van der Waals surface area contributed by atoms with Gasteiger partial charge in [0.2, 0.25) is 0 Å². The molecule has 0 aliphatic heterocycles. The summed E-state index contributed by atoms with van der Waals surface area (Å²) in [4.78, 5) is 0. The Balaban J connectivity index is 1.42. The van der Waals surface area contributed by atoms with Crippen molar-refractivity contribution in [1.29, 1.82) is 0 Å².